The lowest BCUT2D eigenvalue weighted by molar-refractivity contribution is -0.131. The summed E-state index contributed by atoms with van der Waals surface area (Å²) >= 11 is 0. The van der Waals surface area contributed by atoms with E-state index in [1.807, 2.05) is 24.3 Å². The average Bonchev–Trinajstić information content (AvgIpc) is 2.60. The maximum absolute atomic E-state index is 10.8. The summed E-state index contributed by atoms with van der Waals surface area (Å²) in [6.45, 7) is 9.97. The van der Waals surface area contributed by atoms with Gasteiger partial charge in [-0.2, -0.15) is 0 Å². The first-order valence-electron chi connectivity index (χ1n) is 9.77. The minimum atomic E-state index is -0.949. The van der Waals surface area contributed by atoms with Crippen LogP contribution in [-0.4, -0.2) is 33.2 Å². The molecule has 2 N–H and O–H groups in total. The monoisotopic (exact) mass is 379 g/mol. The fraction of sp³-hybridized carbons (Fsp3) is 0.375. The van der Waals surface area contributed by atoms with E-state index in [1.54, 1.807) is 12.1 Å². The van der Waals surface area contributed by atoms with Crippen LogP contribution in [0.25, 0.3) is 6.08 Å². The number of carboxylic acids is 1. The van der Waals surface area contributed by atoms with Crippen molar-refractivity contribution < 1.29 is 15.0 Å². The van der Waals surface area contributed by atoms with Gasteiger partial charge in [0.1, 0.15) is 5.75 Å². The van der Waals surface area contributed by atoms with Gasteiger partial charge in [-0.05, 0) is 66.6 Å². The fourth-order valence-corrected chi connectivity index (χ4v) is 4.16. The number of benzene rings is 2. The molecule has 0 saturated carbocycles. The number of phenols is 1. The van der Waals surface area contributed by atoms with Crippen LogP contribution in [0.4, 0.5) is 0 Å². The van der Waals surface area contributed by atoms with Gasteiger partial charge in [0.2, 0.25) is 0 Å². The lowest BCUT2D eigenvalue weighted by Crippen LogP contribution is -2.52. The van der Waals surface area contributed by atoms with E-state index in [1.165, 1.54) is 16.7 Å². The van der Waals surface area contributed by atoms with Crippen LogP contribution in [0.15, 0.2) is 48.5 Å². The van der Waals surface area contributed by atoms with Gasteiger partial charge >= 0.3 is 5.97 Å². The van der Waals surface area contributed by atoms with E-state index in [-0.39, 0.29) is 11.6 Å². The first kappa shape index (κ1) is 20.2. The molecule has 1 atom stereocenters. The van der Waals surface area contributed by atoms with Gasteiger partial charge < -0.3 is 10.2 Å². The molecule has 4 heteroatoms. The molecule has 0 bridgehead atoms. The highest BCUT2D eigenvalue weighted by Crippen LogP contribution is 2.43. The molecule has 0 spiro atoms. The normalized spacial score (nSPS) is 19.1. The topological polar surface area (TPSA) is 60.8 Å². The molecule has 0 aromatic heterocycles. The van der Waals surface area contributed by atoms with E-state index in [9.17, 15) is 9.90 Å². The molecule has 0 fully saturated rings. The molecule has 148 valence electrons. The Hall–Kier alpha value is -2.59. The van der Waals surface area contributed by atoms with Crippen molar-refractivity contribution in [3.63, 3.8) is 0 Å². The van der Waals surface area contributed by atoms with Crippen LogP contribution in [0, 0.1) is 5.92 Å². The van der Waals surface area contributed by atoms with Crippen molar-refractivity contribution in [2.45, 2.75) is 45.7 Å². The van der Waals surface area contributed by atoms with Gasteiger partial charge in [0.15, 0.2) is 0 Å². The molecule has 4 nitrogen and oxygen atoms in total. The van der Waals surface area contributed by atoms with Gasteiger partial charge in [0.25, 0.3) is 0 Å². The molecule has 1 heterocycles. The van der Waals surface area contributed by atoms with Crippen molar-refractivity contribution in [3.8, 4) is 5.75 Å². The zero-order valence-corrected chi connectivity index (χ0v) is 17.0. The van der Waals surface area contributed by atoms with Crippen LogP contribution in [0.1, 0.15) is 56.0 Å². The first-order valence-corrected chi connectivity index (χ1v) is 9.77. The fourth-order valence-electron chi connectivity index (χ4n) is 4.16. The van der Waals surface area contributed by atoms with Crippen molar-refractivity contribution in [2.75, 3.05) is 6.54 Å². The molecular weight excluding hydrogens is 350 g/mol. The molecule has 1 aliphatic heterocycles. The largest absolute Gasteiger partial charge is 0.508 e. The molecular formula is C24H29NO3. The van der Waals surface area contributed by atoms with Crippen molar-refractivity contribution in [1.29, 1.82) is 0 Å². The van der Waals surface area contributed by atoms with Crippen LogP contribution >= 0.6 is 0 Å². The minimum Gasteiger partial charge on any atom is -0.508 e. The second-order valence-electron chi connectivity index (χ2n) is 8.66. The van der Waals surface area contributed by atoms with Crippen molar-refractivity contribution in [3.05, 3.63) is 70.8 Å². The third kappa shape index (κ3) is 4.28. The zero-order valence-electron chi connectivity index (χ0n) is 17.0. The van der Waals surface area contributed by atoms with Gasteiger partial charge in [0, 0.05) is 18.2 Å². The molecule has 2 aromatic carbocycles. The second kappa shape index (κ2) is 7.80. The van der Waals surface area contributed by atoms with Gasteiger partial charge in [0.05, 0.1) is 6.04 Å². The number of fused-ring (bicyclic) bond motifs is 1. The van der Waals surface area contributed by atoms with Crippen molar-refractivity contribution >= 4 is 12.0 Å². The highest BCUT2D eigenvalue weighted by atomic mass is 16.4. The van der Waals surface area contributed by atoms with Gasteiger partial charge in [-0.3, -0.25) is 4.90 Å². The number of hydrogen-bond acceptors (Lipinski definition) is 3. The Morgan fingerprint density at radius 3 is 2.50 bits per heavy atom. The lowest BCUT2D eigenvalue weighted by Gasteiger charge is -2.49. The summed E-state index contributed by atoms with van der Waals surface area (Å²) in [6.07, 6.45) is 3.65. The van der Waals surface area contributed by atoms with Crippen LogP contribution in [0.2, 0.25) is 0 Å². The highest BCUT2D eigenvalue weighted by molar-refractivity contribution is 5.85. The van der Waals surface area contributed by atoms with Crippen LogP contribution in [0.3, 0.4) is 0 Å². The van der Waals surface area contributed by atoms with Crippen LogP contribution in [-0.2, 0) is 11.2 Å². The van der Waals surface area contributed by atoms with Gasteiger partial charge in [-0.15, -0.1) is 0 Å². The first-order chi connectivity index (χ1) is 13.2. The molecule has 0 radical (unpaired) electrons. The van der Waals surface area contributed by atoms with Crippen molar-refractivity contribution in [2.24, 2.45) is 5.92 Å². The summed E-state index contributed by atoms with van der Waals surface area (Å²) in [4.78, 5) is 13.3. The second-order valence-corrected chi connectivity index (χ2v) is 8.66. The molecule has 28 heavy (non-hydrogen) atoms. The number of nitrogens with zero attached hydrogens (tertiary/aromatic N) is 1. The van der Waals surface area contributed by atoms with Crippen LogP contribution < -0.4 is 0 Å². The summed E-state index contributed by atoms with van der Waals surface area (Å²) in [6, 6.07) is 13.9. The molecule has 0 aliphatic carbocycles. The van der Waals surface area contributed by atoms with Crippen molar-refractivity contribution in [1.82, 2.24) is 4.90 Å². The maximum Gasteiger partial charge on any atom is 0.328 e. The zero-order chi connectivity index (χ0) is 20.5. The Labute approximate surface area is 167 Å². The SMILES string of the molecule is CC(C)CN1[C@@H](c2ccc(/C=C/C(=O)O)cc2)c2ccc(O)cc2CC1(C)C. The Kier molecular flexibility index (Phi) is 5.61. The number of aromatic hydroxyl groups is 1. The number of carboxylic acid groups (broad SMARTS) is 1. The van der Waals surface area contributed by atoms with E-state index in [0.29, 0.717) is 11.7 Å². The summed E-state index contributed by atoms with van der Waals surface area (Å²) < 4.78 is 0. The van der Waals surface area contributed by atoms with E-state index in [4.69, 9.17) is 5.11 Å². The summed E-state index contributed by atoms with van der Waals surface area (Å²) in [5, 5.41) is 18.8. The van der Waals surface area contributed by atoms with E-state index >= 15 is 0 Å². The number of hydrogen-bond donors (Lipinski definition) is 2. The van der Waals surface area contributed by atoms with Crippen LogP contribution in [0.5, 0.6) is 5.75 Å². The molecule has 3 rings (SSSR count). The molecule has 0 saturated heterocycles. The number of phenolic OH excluding ortho intramolecular Hbond substituents is 1. The molecule has 1 aliphatic rings. The Bertz CT molecular complexity index is 881. The molecule has 0 amide bonds. The molecule has 2 aromatic rings. The van der Waals surface area contributed by atoms with Gasteiger partial charge in [-0.1, -0.05) is 44.2 Å². The summed E-state index contributed by atoms with van der Waals surface area (Å²) in [5.41, 5.74) is 4.41. The smallest absolute Gasteiger partial charge is 0.328 e. The summed E-state index contributed by atoms with van der Waals surface area (Å²) in [5.74, 6) is -0.118. The quantitative estimate of drug-likeness (QED) is 0.728. The Morgan fingerprint density at radius 1 is 1.21 bits per heavy atom. The predicted molar refractivity (Wildman–Crippen MR) is 112 cm³/mol. The third-order valence-electron chi connectivity index (χ3n) is 5.37. The standard InChI is InChI=1S/C24H29NO3/c1-16(2)15-25-23(18-8-5-17(6-9-18)7-12-22(27)28)21-11-10-20(26)13-19(21)14-24(25,3)4/h5-13,16,23,26H,14-15H2,1-4H3,(H,27,28)/b12-7+/t23-/m0/s1. The summed E-state index contributed by atoms with van der Waals surface area (Å²) in [7, 11) is 0. The number of carbonyl (C=O) groups is 1. The Balaban J connectivity index is 2.07. The highest BCUT2D eigenvalue weighted by Gasteiger charge is 2.40. The predicted octanol–water partition coefficient (Wildman–Crippen LogP) is 4.87. The Morgan fingerprint density at radius 2 is 1.89 bits per heavy atom. The minimum absolute atomic E-state index is 0.0440. The molecule has 0 unspecified atom stereocenters. The average molecular weight is 380 g/mol. The van der Waals surface area contributed by atoms with E-state index in [2.05, 4.69) is 44.7 Å². The van der Waals surface area contributed by atoms with Gasteiger partial charge in [-0.25, -0.2) is 4.79 Å². The van der Waals surface area contributed by atoms with E-state index in [0.717, 1.165) is 24.6 Å². The maximum atomic E-state index is 10.8. The van der Waals surface area contributed by atoms with E-state index < -0.39 is 5.97 Å². The number of aliphatic carboxylic acids is 1. The third-order valence-corrected chi connectivity index (χ3v) is 5.37. The number of rotatable bonds is 5. The lowest BCUT2D eigenvalue weighted by atomic mass is 9.78.